The van der Waals surface area contributed by atoms with E-state index in [1.54, 1.807) is 10.0 Å². The van der Waals surface area contributed by atoms with Gasteiger partial charge in [0.15, 0.2) is 0 Å². The summed E-state index contributed by atoms with van der Waals surface area (Å²) in [6.45, 7) is 0. The number of anilines is 2. The van der Waals surface area contributed by atoms with E-state index in [0.29, 0.717) is 11.1 Å². The van der Waals surface area contributed by atoms with Crippen LogP contribution in [-0.4, -0.2) is 45.7 Å². The Morgan fingerprint density at radius 1 is 0.409 bits per heavy atom. The molecule has 0 N–H and O–H groups in total. The van der Waals surface area contributed by atoms with Crippen molar-refractivity contribution >= 4 is 35.0 Å². The summed E-state index contributed by atoms with van der Waals surface area (Å²) in [5.41, 5.74) is 1.92. The first-order valence-electron chi connectivity index (χ1n) is 14.3. The average Bonchev–Trinajstić information content (AvgIpc) is 3.71. The average molecular weight is 591 g/mol. The maximum Gasteiger partial charge on any atom is 0.253 e. The molecule has 8 rings (SSSR count). The number of rotatable bonds is 4. The maximum absolute atomic E-state index is 14.3. The summed E-state index contributed by atoms with van der Waals surface area (Å²) in [5, 5.41) is 3.54. The Kier molecular flexibility index (Phi) is 5.87. The molecule has 0 unspecified atom stereocenters. The zero-order valence-corrected chi connectivity index (χ0v) is 23.0. The van der Waals surface area contributed by atoms with E-state index in [1.165, 1.54) is 48.5 Å². The molecule has 6 atom stereocenters. The van der Waals surface area contributed by atoms with Crippen molar-refractivity contribution in [1.29, 1.82) is 0 Å². The predicted molar refractivity (Wildman–Crippen MR) is 154 cm³/mol. The Hall–Kier alpha value is -5.06. The fourth-order valence-corrected chi connectivity index (χ4v) is 7.49. The van der Waals surface area contributed by atoms with Gasteiger partial charge in [0.25, 0.3) is 11.8 Å². The highest BCUT2D eigenvalue weighted by Gasteiger charge is 2.73. The molecule has 4 aromatic rings. The quantitative estimate of drug-likeness (QED) is 0.328. The summed E-state index contributed by atoms with van der Waals surface area (Å²) >= 11 is 0. The molecule has 0 saturated carbocycles. The van der Waals surface area contributed by atoms with Crippen LogP contribution in [0.15, 0.2) is 109 Å². The first-order chi connectivity index (χ1) is 21.4. The second-order valence-electron chi connectivity index (χ2n) is 11.4. The van der Waals surface area contributed by atoms with E-state index in [-0.39, 0.29) is 11.4 Å². The van der Waals surface area contributed by atoms with E-state index < -0.39 is 71.3 Å². The highest BCUT2D eigenvalue weighted by atomic mass is 19.1. The van der Waals surface area contributed by atoms with Crippen LogP contribution in [0, 0.1) is 23.5 Å². The molecule has 0 bridgehead atoms. The molecule has 4 aliphatic rings. The van der Waals surface area contributed by atoms with Crippen LogP contribution in [0.5, 0.6) is 0 Å². The third-order valence-electron chi connectivity index (χ3n) is 9.18. The Morgan fingerprint density at radius 3 is 1.09 bits per heavy atom. The topological polar surface area (TPSA) is 81.2 Å². The summed E-state index contributed by atoms with van der Waals surface area (Å²) in [6, 6.07) is 25.1. The highest BCUT2D eigenvalue weighted by Crippen LogP contribution is 2.59. The number of nitrogens with zero attached hydrogens (tertiary/aromatic N) is 4. The molecule has 44 heavy (non-hydrogen) atoms. The van der Waals surface area contributed by atoms with Crippen LogP contribution in [0.25, 0.3) is 0 Å². The summed E-state index contributed by atoms with van der Waals surface area (Å²) in [4.78, 5) is 59.3. The molecule has 0 radical (unpaired) electrons. The summed E-state index contributed by atoms with van der Waals surface area (Å²) < 4.78 is 27.6. The van der Waals surface area contributed by atoms with Gasteiger partial charge >= 0.3 is 0 Å². The van der Waals surface area contributed by atoms with Gasteiger partial charge in [0.2, 0.25) is 11.8 Å². The molecule has 4 aromatic carbocycles. The van der Waals surface area contributed by atoms with Crippen LogP contribution < -0.4 is 9.80 Å². The van der Waals surface area contributed by atoms with Crippen LogP contribution in [0.4, 0.5) is 20.2 Å². The zero-order chi connectivity index (χ0) is 30.3. The molecule has 218 valence electrons. The van der Waals surface area contributed by atoms with Crippen molar-refractivity contribution in [2.75, 3.05) is 9.80 Å². The van der Waals surface area contributed by atoms with Crippen molar-refractivity contribution in [2.24, 2.45) is 11.8 Å². The molecule has 4 aliphatic heterocycles. The molecular formula is C34H24F2N4O4. The van der Waals surface area contributed by atoms with E-state index in [9.17, 15) is 28.0 Å². The lowest BCUT2D eigenvalue weighted by Gasteiger charge is -2.35. The zero-order valence-electron chi connectivity index (χ0n) is 23.0. The summed E-state index contributed by atoms with van der Waals surface area (Å²) in [6.07, 6.45) is 0. The van der Waals surface area contributed by atoms with Crippen molar-refractivity contribution in [2.45, 2.75) is 24.2 Å². The second kappa shape index (κ2) is 9.73. The third kappa shape index (κ3) is 3.61. The number of hydrogen-bond acceptors (Lipinski definition) is 6. The van der Waals surface area contributed by atoms with Crippen molar-refractivity contribution in [3.05, 3.63) is 132 Å². The van der Waals surface area contributed by atoms with E-state index in [2.05, 4.69) is 0 Å². The van der Waals surface area contributed by atoms with Gasteiger partial charge in [-0.05, 0) is 59.7 Å². The van der Waals surface area contributed by atoms with E-state index in [0.717, 1.165) is 9.80 Å². The Morgan fingerprint density at radius 2 is 0.750 bits per heavy atom. The minimum atomic E-state index is -1.02. The SMILES string of the molecule is O=C1[C@H]2[C@@H](c3ccccc3)N3[C@H]4C(=O)N(c5ccc(F)cc5)C(=O)[C@H]4[C@@H](c4ccccc4)N3[C@H]2C(=O)N1c1ccc(F)cc1. The van der Waals surface area contributed by atoms with Gasteiger partial charge in [0.1, 0.15) is 23.7 Å². The molecule has 4 heterocycles. The second-order valence-corrected chi connectivity index (χ2v) is 11.4. The molecule has 0 aliphatic carbocycles. The number of carbonyl (C=O) groups excluding carboxylic acids is 4. The van der Waals surface area contributed by atoms with Crippen molar-refractivity contribution in [3.63, 3.8) is 0 Å². The summed E-state index contributed by atoms with van der Waals surface area (Å²) in [5.74, 6) is -4.77. The fourth-order valence-electron chi connectivity index (χ4n) is 7.49. The van der Waals surface area contributed by atoms with E-state index >= 15 is 0 Å². The van der Waals surface area contributed by atoms with Crippen LogP contribution in [0.1, 0.15) is 23.2 Å². The normalized spacial score (nSPS) is 28.1. The number of hydrazine groups is 1. The van der Waals surface area contributed by atoms with Gasteiger partial charge in [-0.3, -0.25) is 19.2 Å². The predicted octanol–water partition coefficient (Wildman–Crippen LogP) is 4.41. The van der Waals surface area contributed by atoms with Crippen LogP contribution in [0.2, 0.25) is 0 Å². The van der Waals surface area contributed by atoms with Gasteiger partial charge in [-0.2, -0.15) is 0 Å². The molecule has 10 heteroatoms. The number of imide groups is 2. The minimum Gasteiger partial charge on any atom is -0.274 e. The Labute approximate surface area is 250 Å². The molecular weight excluding hydrogens is 566 g/mol. The lowest BCUT2D eigenvalue weighted by atomic mass is 9.84. The lowest BCUT2D eigenvalue weighted by molar-refractivity contribution is -0.136. The molecule has 0 spiro atoms. The third-order valence-corrected chi connectivity index (χ3v) is 9.18. The molecule has 4 saturated heterocycles. The maximum atomic E-state index is 14.3. The molecule has 4 amide bonds. The lowest BCUT2D eigenvalue weighted by Crippen LogP contribution is -2.50. The Bertz CT molecular complexity index is 1690. The largest absolute Gasteiger partial charge is 0.274 e. The molecule has 0 aromatic heterocycles. The van der Waals surface area contributed by atoms with Gasteiger partial charge in [-0.25, -0.2) is 28.6 Å². The number of hydrogen-bond donors (Lipinski definition) is 0. The number of fused-ring (bicyclic) bond motifs is 5. The van der Waals surface area contributed by atoms with Crippen molar-refractivity contribution in [1.82, 2.24) is 10.0 Å². The van der Waals surface area contributed by atoms with Crippen molar-refractivity contribution < 1.29 is 28.0 Å². The number of amides is 4. The van der Waals surface area contributed by atoms with Crippen LogP contribution in [0.3, 0.4) is 0 Å². The minimum absolute atomic E-state index is 0.249. The number of halogens is 2. The van der Waals surface area contributed by atoms with Crippen molar-refractivity contribution in [3.8, 4) is 0 Å². The van der Waals surface area contributed by atoms with Crippen LogP contribution >= 0.6 is 0 Å². The van der Waals surface area contributed by atoms with E-state index in [4.69, 9.17) is 0 Å². The van der Waals surface area contributed by atoms with Gasteiger partial charge in [0, 0.05) is 0 Å². The number of benzene rings is 4. The van der Waals surface area contributed by atoms with Gasteiger partial charge in [-0.15, -0.1) is 0 Å². The van der Waals surface area contributed by atoms with Gasteiger partial charge in [0.05, 0.1) is 35.3 Å². The van der Waals surface area contributed by atoms with Gasteiger partial charge < -0.3 is 0 Å². The number of carbonyl (C=O) groups is 4. The monoisotopic (exact) mass is 590 g/mol. The molecule has 4 fully saturated rings. The standard InChI is InChI=1S/C34H24F2N4O4/c35-21-11-15-23(16-12-21)37-31(41)25-27(19-7-3-1-4-8-19)39-30-26(32(42)38(34(30)44)24-17-13-22(36)14-18-24)28(20-9-5-2-6-10-20)40(39)29(25)33(37)43/h1-18,25-30H/t25-,26-,27+,28+,29+,30+/m0/s1. The Balaban J connectivity index is 1.32. The smallest absolute Gasteiger partial charge is 0.253 e. The van der Waals surface area contributed by atoms with E-state index in [1.807, 2.05) is 60.7 Å². The van der Waals surface area contributed by atoms with Gasteiger partial charge in [-0.1, -0.05) is 60.7 Å². The first kappa shape index (κ1) is 26.6. The summed E-state index contributed by atoms with van der Waals surface area (Å²) in [7, 11) is 0. The van der Waals surface area contributed by atoms with Crippen LogP contribution in [-0.2, 0) is 19.2 Å². The highest BCUT2D eigenvalue weighted by molar-refractivity contribution is 6.26. The first-order valence-corrected chi connectivity index (χ1v) is 14.3. The molecule has 8 nitrogen and oxygen atoms in total. The fraction of sp³-hybridized carbons (Fsp3) is 0.176.